The second kappa shape index (κ2) is 8.18. The van der Waals surface area contributed by atoms with Crippen LogP contribution < -0.4 is 0 Å². The first kappa shape index (κ1) is 16.8. The Morgan fingerprint density at radius 3 is 2.33 bits per heavy atom. The molecule has 0 amide bonds. The lowest BCUT2D eigenvalue weighted by Crippen LogP contribution is -2.45. The number of benzene rings is 2. The van der Waals surface area contributed by atoms with E-state index in [2.05, 4.69) is 34.1 Å². The Labute approximate surface area is 142 Å². The number of halogens is 2. The lowest BCUT2D eigenvalue weighted by molar-refractivity contribution is 0.136. The minimum Gasteiger partial charge on any atom is -0.297 e. The molecule has 0 unspecified atom stereocenters. The van der Waals surface area contributed by atoms with E-state index in [4.69, 9.17) is 0 Å². The Balaban J connectivity index is 1.46. The van der Waals surface area contributed by atoms with Crippen molar-refractivity contribution in [1.29, 1.82) is 0 Å². The second-order valence-electron chi connectivity index (χ2n) is 6.13. The van der Waals surface area contributed by atoms with Crippen LogP contribution in [0.1, 0.15) is 11.1 Å². The Morgan fingerprint density at radius 1 is 0.875 bits per heavy atom. The molecule has 126 valence electrons. The third kappa shape index (κ3) is 4.73. The largest absolute Gasteiger partial charge is 0.297 e. The molecule has 2 aromatic carbocycles. The molecule has 0 atom stereocenters. The number of hydrogen-bond donors (Lipinski definition) is 0. The molecule has 24 heavy (non-hydrogen) atoms. The van der Waals surface area contributed by atoms with E-state index in [1.807, 2.05) is 18.2 Å². The van der Waals surface area contributed by atoms with Gasteiger partial charge < -0.3 is 0 Å². The Kier molecular flexibility index (Phi) is 5.72. The number of rotatable bonds is 5. The molecule has 4 heteroatoms. The van der Waals surface area contributed by atoms with E-state index in [-0.39, 0.29) is 11.6 Å². The van der Waals surface area contributed by atoms with Gasteiger partial charge in [-0.3, -0.25) is 9.80 Å². The highest BCUT2D eigenvalue weighted by atomic mass is 19.1. The van der Waals surface area contributed by atoms with Crippen LogP contribution in [-0.4, -0.2) is 42.5 Å². The second-order valence-corrected chi connectivity index (χ2v) is 6.13. The van der Waals surface area contributed by atoms with Crippen molar-refractivity contribution in [2.75, 3.05) is 32.7 Å². The van der Waals surface area contributed by atoms with Crippen molar-refractivity contribution in [2.24, 2.45) is 0 Å². The lowest BCUT2D eigenvalue weighted by atomic mass is 10.1. The van der Waals surface area contributed by atoms with E-state index in [0.29, 0.717) is 12.1 Å². The van der Waals surface area contributed by atoms with E-state index in [9.17, 15) is 8.78 Å². The molecular weight excluding hydrogens is 306 g/mol. The molecule has 1 fully saturated rings. The summed E-state index contributed by atoms with van der Waals surface area (Å²) >= 11 is 0. The highest BCUT2D eigenvalue weighted by molar-refractivity contribution is 5.48. The van der Waals surface area contributed by atoms with Gasteiger partial charge in [0.05, 0.1) is 0 Å². The molecule has 0 spiro atoms. The maximum absolute atomic E-state index is 13.7. The minimum absolute atomic E-state index is 0.329. The molecule has 0 saturated carbocycles. The summed E-state index contributed by atoms with van der Waals surface area (Å²) in [5.74, 6) is -0.708. The SMILES string of the molecule is Fc1ccc(F)c(CN2CCN(CC=Cc3ccccc3)CC2)c1. The van der Waals surface area contributed by atoms with Crippen molar-refractivity contribution >= 4 is 6.08 Å². The van der Waals surface area contributed by atoms with Crippen LogP contribution >= 0.6 is 0 Å². The molecule has 1 heterocycles. The summed E-state index contributed by atoms with van der Waals surface area (Å²) in [4.78, 5) is 4.55. The van der Waals surface area contributed by atoms with Crippen molar-refractivity contribution in [3.8, 4) is 0 Å². The van der Waals surface area contributed by atoms with Crippen LogP contribution in [-0.2, 0) is 6.54 Å². The van der Waals surface area contributed by atoms with Crippen LogP contribution in [0.4, 0.5) is 8.78 Å². The van der Waals surface area contributed by atoms with E-state index in [1.54, 1.807) is 0 Å². The summed E-state index contributed by atoms with van der Waals surface area (Å²) in [6.45, 7) is 5.00. The van der Waals surface area contributed by atoms with Gasteiger partial charge in [0.2, 0.25) is 0 Å². The van der Waals surface area contributed by atoms with E-state index < -0.39 is 0 Å². The van der Waals surface area contributed by atoms with Crippen LogP contribution in [0.5, 0.6) is 0 Å². The molecule has 2 aromatic rings. The van der Waals surface area contributed by atoms with Gasteiger partial charge in [0.25, 0.3) is 0 Å². The van der Waals surface area contributed by atoms with Gasteiger partial charge >= 0.3 is 0 Å². The summed E-state index contributed by atoms with van der Waals surface area (Å²) in [5.41, 5.74) is 1.64. The maximum Gasteiger partial charge on any atom is 0.127 e. The molecule has 0 aromatic heterocycles. The van der Waals surface area contributed by atoms with Gasteiger partial charge in [0.1, 0.15) is 11.6 Å². The molecule has 0 N–H and O–H groups in total. The van der Waals surface area contributed by atoms with Crippen molar-refractivity contribution in [1.82, 2.24) is 9.80 Å². The minimum atomic E-state index is -0.379. The summed E-state index contributed by atoms with van der Waals surface area (Å²) in [6.07, 6.45) is 4.31. The highest BCUT2D eigenvalue weighted by Crippen LogP contribution is 2.14. The summed E-state index contributed by atoms with van der Waals surface area (Å²) < 4.78 is 27.0. The van der Waals surface area contributed by atoms with Crippen LogP contribution in [0.15, 0.2) is 54.6 Å². The number of piperazine rings is 1. The van der Waals surface area contributed by atoms with E-state index in [0.717, 1.165) is 38.8 Å². The molecule has 0 radical (unpaired) electrons. The Hall–Kier alpha value is -2.04. The zero-order chi connectivity index (χ0) is 16.8. The molecule has 1 aliphatic heterocycles. The first-order valence-corrected chi connectivity index (χ1v) is 8.31. The fourth-order valence-electron chi connectivity index (χ4n) is 2.94. The van der Waals surface area contributed by atoms with Gasteiger partial charge in [-0.25, -0.2) is 8.78 Å². The number of hydrogen-bond acceptors (Lipinski definition) is 2. The van der Waals surface area contributed by atoms with Gasteiger partial charge in [-0.15, -0.1) is 0 Å². The average molecular weight is 328 g/mol. The Bertz CT molecular complexity index is 677. The van der Waals surface area contributed by atoms with E-state index >= 15 is 0 Å². The van der Waals surface area contributed by atoms with Gasteiger partial charge in [-0.2, -0.15) is 0 Å². The monoisotopic (exact) mass is 328 g/mol. The number of nitrogens with zero attached hydrogens (tertiary/aromatic N) is 2. The van der Waals surface area contributed by atoms with Gasteiger partial charge in [-0.05, 0) is 23.8 Å². The highest BCUT2D eigenvalue weighted by Gasteiger charge is 2.17. The summed E-state index contributed by atoms with van der Waals surface area (Å²) in [6, 6.07) is 13.9. The van der Waals surface area contributed by atoms with Gasteiger partial charge in [0.15, 0.2) is 0 Å². The third-order valence-corrected chi connectivity index (χ3v) is 4.34. The summed E-state index contributed by atoms with van der Waals surface area (Å²) in [5, 5.41) is 0. The lowest BCUT2D eigenvalue weighted by Gasteiger charge is -2.34. The fraction of sp³-hybridized carbons (Fsp3) is 0.300. The normalized spacial score (nSPS) is 16.8. The zero-order valence-corrected chi connectivity index (χ0v) is 13.7. The standard InChI is InChI=1S/C20H22F2N2/c21-19-8-9-20(22)18(15-19)16-24-13-11-23(12-14-24)10-4-7-17-5-2-1-3-6-17/h1-9,15H,10-14,16H2. The molecule has 1 saturated heterocycles. The quantitative estimate of drug-likeness (QED) is 0.824. The molecule has 3 rings (SSSR count). The van der Waals surface area contributed by atoms with Crippen molar-refractivity contribution in [3.05, 3.63) is 77.4 Å². The van der Waals surface area contributed by atoms with Crippen molar-refractivity contribution < 1.29 is 8.78 Å². The predicted octanol–water partition coefficient (Wildman–Crippen LogP) is 3.80. The smallest absolute Gasteiger partial charge is 0.127 e. The zero-order valence-electron chi connectivity index (χ0n) is 13.7. The third-order valence-electron chi connectivity index (χ3n) is 4.34. The van der Waals surface area contributed by atoms with Gasteiger partial charge in [-0.1, -0.05) is 42.5 Å². The first-order chi connectivity index (χ1) is 11.7. The van der Waals surface area contributed by atoms with Crippen LogP contribution in [0.3, 0.4) is 0 Å². The molecule has 2 nitrogen and oxygen atoms in total. The van der Waals surface area contributed by atoms with Crippen LogP contribution in [0, 0.1) is 11.6 Å². The topological polar surface area (TPSA) is 6.48 Å². The van der Waals surface area contributed by atoms with Crippen molar-refractivity contribution in [3.63, 3.8) is 0 Å². The summed E-state index contributed by atoms with van der Waals surface area (Å²) in [7, 11) is 0. The average Bonchev–Trinajstić information content (AvgIpc) is 2.61. The molecule has 1 aliphatic rings. The van der Waals surface area contributed by atoms with E-state index in [1.165, 1.54) is 17.7 Å². The fourth-order valence-corrected chi connectivity index (χ4v) is 2.94. The van der Waals surface area contributed by atoms with Crippen molar-refractivity contribution in [2.45, 2.75) is 6.54 Å². The molecule has 0 aliphatic carbocycles. The van der Waals surface area contributed by atoms with Gasteiger partial charge in [0, 0.05) is 44.8 Å². The molecular formula is C20H22F2N2. The Morgan fingerprint density at radius 2 is 1.58 bits per heavy atom. The first-order valence-electron chi connectivity index (χ1n) is 8.31. The maximum atomic E-state index is 13.7. The molecule has 0 bridgehead atoms. The van der Waals surface area contributed by atoms with Crippen LogP contribution in [0.2, 0.25) is 0 Å². The predicted molar refractivity (Wildman–Crippen MR) is 93.6 cm³/mol. The van der Waals surface area contributed by atoms with Crippen LogP contribution in [0.25, 0.3) is 6.08 Å².